The van der Waals surface area contributed by atoms with Gasteiger partial charge in [-0.3, -0.25) is 0 Å². The van der Waals surface area contributed by atoms with E-state index >= 15 is 0 Å². The highest BCUT2D eigenvalue weighted by Crippen LogP contribution is 2.05. The molecule has 0 amide bonds. The molecule has 0 bridgehead atoms. The third kappa shape index (κ3) is 1.67. The molecule has 1 fully saturated rings. The van der Waals surface area contributed by atoms with Crippen LogP contribution < -0.4 is 11.0 Å². The maximum Gasteiger partial charge on any atom is 0.150 e. The molecule has 0 aliphatic carbocycles. The minimum absolute atomic E-state index is 0.526. The summed E-state index contributed by atoms with van der Waals surface area (Å²) >= 11 is 0. The molecule has 1 heterocycles. The Hall–Kier alpha value is -0.240. The zero-order chi connectivity index (χ0) is 8.43. The van der Waals surface area contributed by atoms with Crippen LogP contribution in [0.25, 0.3) is 0 Å². The van der Waals surface area contributed by atoms with E-state index in [1.54, 1.807) is 0 Å². The zero-order valence-corrected chi connectivity index (χ0v) is 6.23. The molecule has 1 aliphatic rings. The Balaban J connectivity index is 2.52. The SMILES string of the molecule is CCN1NNC(O)C(O)C1O. The number of nitrogens with one attached hydrogen (secondary N) is 2. The lowest BCUT2D eigenvalue weighted by molar-refractivity contribution is -0.197. The number of hydrogen-bond donors (Lipinski definition) is 5. The summed E-state index contributed by atoms with van der Waals surface area (Å²) in [5, 5.41) is 28.6. The van der Waals surface area contributed by atoms with E-state index in [1.807, 2.05) is 6.92 Å². The molecule has 1 aliphatic heterocycles. The molecule has 1 rings (SSSR count). The van der Waals surface area contributed by atoms with Gasteiger partial charge in [-0.1, -0.05) is 6.92 Å². The van der Waals surface area contributed by atoms with E-state index in [0.29, 0.717) is 6.54 Å². The minimum atomic E-state index is -1.18. The number of hydrogen-bond acceptors (Lipinski definition) is 6. The van der Waals surface area contributed by atoms with E-state index < -0.39 is 18.6 Å². The van der Waals surface area contributed by atoms with Gasteiger partial charge < -0.3 is 15.3 Å². The Morgan fingerprint density at radius 2 is 2.00 bits per heavy atom. The van der Waals surface area contributed by atoms with Gasteiger partial charge in [0.15, 0.2) is 6.23 Å². The van der Waals surface area contributed by atoms with Gasteiger partial charge in [-0.2, -0.15) is 5.53 Å². The highest BCUT2D eigenvalue weighted by atomic mass is 16.4. The van der Waals surface area contributed by atoms with Crippen LogP contribution in [0.5, 0.6) is 0 Å². The van der Waals surface area contributed by atoms with Crippen molar-refractivity contribution in [2.45, 2.75) is 25.5 Å². The van der Waals surface area contributed by atoms with Gasteiger partial charge in [0, 0.05) is 6.54 Å². The normalized spacial score (nSPS) is 40.9. The molecule has 6 nitrogen and oxygen atoms in total. The second kappa shape index (κ2) is 3.44. The van der Waals surface area contributed by atoms with Gasteiger partial charge in [0.2, 0.25) is 0 Å². The van der Waals surface area contributed by atoms with Crippen molar-refractivity contribution in [1.29, 1.82) is 0 Å². The van der Waals surface area contributed by atoms with Crippen LogP contribution in [0.4, 0.5) is 0 Å². The lowest BCUT2D eigenvalue weighted by Crippen LogP contribution is -2.68. The van der Waals surface area contributed by atoms with Crippen molar-refractivity contribution in [3.8, 4) is 0 Å². The van der Waals surface area contributed by atoms with Gasteiger partial charge >= 0.3 is 0 Å². The summed E-state index contributed by atoms with van der Waals surface area (Å²) in [6.07, 6.45) is -3.39. The summed E-state index contributed by atoms with van der Waals surface area (Å²) in [4.78, 5) is 0. The van der Waals surface area contributed by atoms with Crippen LogP contribution in [0.2, 0.25) is 0 Å². The lowest BCUT2D eigenvalue weighted by atomic mass is 10.2. The quantitative estimate of drug-likeness (QED) is 0.290. The van der Waals surface area contributed by atoms with E-state index in [9.17, 15) is 5.11 Å². The van der Waals surface area contributed by atoms with Crippen molar-refractivity contribution in [2.75, 3.05) is 6.54 Å². The zero-order valence-electron chi connectivity index (χ0n) is 6.23. The second-order valence-corrected chi connectivity index (χ2v) is 2.39. The van der Waals surface area contributed by atoms with Crippen LogP contribution in [0.1, 0.15) is 6.92 Å². The van der Waals surface area contributed by atoms with Crippen molar-refractivity contribution in [3.05, 3.63) is 0 Å². The summed E-state index contributed by atoms with van der Waals surface area (Å²) in [6, 6.07) is 0. The Kier molecular flexibility index (Phi) is 2.77. The predicted octanol–water partition coefficient (Wildman–Crippen LogP) is -2.67. The van der Waals surface area contributed by atoms with Crippen LogP contribution in [0, 0.1) is 0 Å². The topological polar surface area (TPSA) is 88.0 Å². The molecule has 0 aromatic heterocycles. The molecule has 3 atom stereocenters. The van der Waals surface area contributed by atoms with Gasteiger partial charge in [0.05, 0.1) is 0 Å². The number of aliphatic hydroxyl groups is 3. The second-order valence-electron chi connectivity index (χ2n) is 2.39. The van der Waals surface area contributed by atoms with Crippen LogP contribution in [-0.2, 0) is 0 Å². The van der Waals surface area contributed by atoms with Gasteiger partial charge in [-0.15, -0.1) is 0 Å². The van der Waals surface area contributed by atoms with Gasteiger partial charge in [0.25, 0.3) is 0 Å². The van der Waals surface area contributed by atoms with Crippen molar-refractivity contribution < 1.29 is 15.3 Å². The first-order chi connectivity index (χ1) is 5.16. The number of likely N-dealkylation sites (N-methyl/N-ethyl adjacent to an activating group) is 1. The molecule has 0 aromatic carbocycles. The molecule has 0 radical (unpaired) electrons. The van der Waals surface area contributed by atoms with Crippen molar-refractivity contribution >= 4 is 0 Å². The largest absolute Gasteiger partial charge is 0.385 e. The summed E-state index contributed by atoms with van der Waals surface area (Å²) < 4.78 is 0. The Morgan fingerprint density at radius 1 is 1.36 bits per heavy atom. The summed E-state index contributed by atoms with van der Waals surface area (Å²) in [5.74, 6) is 0. The van der Waals surface area contributed by atoms with E-state index in [4.69, 9.17) is 10.2 Å². The van der Waals surface area contributed by atoms with Gasteiger partial charge in [0.1, 0.15) is 12.3 Å². The lowest BCUT2D eigenvalue weighted by Gasteiger charge is -2.38. The van der Waals surface area contributed by atoms with Gasteiger partial charge in [-0.25, -0.2) is 10.4 Å². The average molecular weight is 163 g/mol. The third-order valence-electron chi connectivity index (χ3n) is 1.65. The molecule has 3 unspecified atom stereocenters. The van der Waals surface area contributed by atoms with Crippen molar-refractivity contribution in [1.82, 2.24) is 16.0 Å². The van der Waals surface area contributed by atoms with E-state index in [2.05, 4.69) is 11.0 Å². The smallest absolute Gasteiger partial charge is 0.150 e. The molecule has 0 aromatic rings. The highest BCUT2D eigenvalue weighted by molar-refractivity contribution is 4.75. The standard InChI is InChI=1S/C5H13N3O3/c1-2-8-5(11)3(9)4(10)6-7-8/h3-7,9-11H,2H2,1H3. The van der Waals surface area contributed by atoms with Crippen molar-refractivity contribution in [2.24, 2.45) is 0 Å². The van der Waals surface area contributed by atoms with Crippen LogP contribution in [-0.4, -0.2) is 45.4 Å². The molecule has 0 spiro atoms. The molecular weight excluding hydrogens is 150 g/mol. The maximum atomic E-state index is 9.22. The summed E-state index contributed by atoms with van der Waals surface area (Å²) in [6.45, 7) is 2.33. The minimum Gasteiger partial charge on any atom is -0.385 e. The highest BCUT2D eigenvalue weighted by Gasteiger charge is 2.33. The summed E-state index contributed by atoms with van der Waals surface area (Å²) in [7, 11) is 0. The Labute approximate surface area is 64.4 Å². The Bertz CT molecular complexity index is 132. The first-order valence-corrected chi connectivity index (χ1v) is 3.49. The van der Waals surface area contributed by atoms with Crippen LogP contribution in [0.15, 0.2) is 0 Å². The molecule has 0 saturated carbocycles. The van der Waals surface area contributed by atoms with Crippen molar-refractivity contribution in [3.63, 3.8) is 0 Å². The van der Waals surface area contributed by atoms with E-state index in [1.165, 1.54) is 5.01 Å². The molecular formula is C5H13N3O3. The maximum absolute atomic E-state index is 9.22. The molecule has 5 N–H and O–H groups in total. The van der Waals surface area contributed by atoms with E-state index in [-0.39, 0.29) is 0 Å². The summed E-state index contributed by atoms with van der Waals surface area (Å²) in [5.41, 5.74) is 4.91. The number of nitrogens with zero attached hydrogens (tertiary/aromatic N) is 1. The molecule has 6 heteroatoms. The number of rotatable bonds is 1. The Morgan fingerprint density at radius 3 is 2.55 bits per heavy atom. The molecule has 11 heavy (non-hydrogen) atoms. The average Bonchev–Trinajstić information content (AvgIpc) is 2.01. The fourth-order valence-electron chi connectivity index (χ4n) is 0.914. The first kappa shape index (κ1) is 8.85. The fourth-order valence-corrected chi connectivity index (χ4v) is 0.914. The molecule has 1 saturated heterocycles. The molecule has 66 valence electrons. The number of aliphatic hydroxyl groups excluding tert-OH is 3. The predicted molar refractivity (Wildman–Crippen MR) is 36.7 cm³/mol. The van der Waals surface area contributed by atoms with Crippen LogP contribution in [0.3, 0.4) is 0 Å². The van der Waals surface area contributed by atoms with E-state index in [0.717, 1.165) is 0 Å². The van der Waals surface area contributed by atoms with Gasteiger partial charge in [-0.05, 0) is 0 Å². The van der Waals surface area contributed by atoms with Crippen LogP contribution >= 0.6 is 0 Å². The fraction of sp³-hybridized carbons (Fsp3) is 1.00. The monoisotopic (exact) mass is 163 g/mol. The third-order valence-corrected chi connectivity index (χ3v) is 1.65. The first-order valence-electron chi connectivity index (χ1n) is 3.49. The number of hydrazine groups is 2.